The molecule has 4 aromatic rings. The van der Waals surface area contributed by atoms with Gasteiger partial charge in [-0.1, -0.05) is 0 Å². The number of carbonyl (C=O) groups is 1. The number of hydrogen-bond donors (Lipinski definition) is 3. The van der Waals surface area contributed by atoms with E-state index >= 15 is 0 Å². The molecule has 0 aliphatic carbocycles. The van der Waals surface area contributed by atoms with Crippen molar-refractivity contribution >= 4 is 45.6 Å². The van der Waals surface area contributed by atoms with Gasteiger partial charge in [0.1, 0.15) is 5.01 Å². The molecule has 2 heterocycles. The van der Waals surface area contributed by atoms with Gasteiger partial charge in [0.25, 0.3) is 0 Å². The number of nitrogens with zero attached hydrogens (tertiary/aromatic N) is 2. The lowest BCUT2D eigenvalue weighted by Crippen LogP contribution is -2.05. The minimum absolute atomic E-state index is 0.0889. The summed E-state index contributed by atoms with van der Waals surface area (Å²) in [6.45, 7) is 1.49. The summed E-state index contributed by atoms with van der Waals surface area (Å²) < 4.78 is 0. The molecular formula is C18H15N5OS. The van der Waals surface area contributed by atoms with Gasteiger partial charge in [-0.2, -0.15) is 0 Å². The van der Waals surface area contributed by atoms with Crippen molar-refractivity contribution in [1.82, 2.24) is 15.0 Å². The molecule has 2 aromatic carbocycles. The molecule has 2 aromatic heterocycles. The number of aromatic nitrogens is 3. The average Bonchev–Trinajstić information content (AvgIpc) is 3.24. The van der Waals surface area contributed by atoms with E-state index in [4.69, 9.17) is 0 Å². The van der Waals surface area contributed by atoms with E-state index in [2.05, 4.69) is 25.6 Å². The van der Waals surface area contributed by atoms with Gasteiger partial charge in [-0.05, 0) is 42.5 Å². The predicted octanol–water partition coefficient (Wildman–Crippen LogP) is 4.39. The van der Waals surface area contributed by atoms with Crippen molar-refractivity contribution in [3.8, 4) is 10.6 Å². The zero-order valence-corrected chi connectivity index (χ0v) is 14.2. The van der Waals surface area contributed by atoms with Crippen molar-refractivity contribution in [2.45, 2.75) is 6.92 Å². The maximum atomic E-state index is 11.1. The summed E-state index contributed by atoms with van der Waals surface area (Å²) in [5, 5.41) is 8.93. The van der Waals surface area contributed by atoms with Gasteiger partial charge >= 0.3 is 0 Å². The van der Waals surface area contributed by atoms with Gasteiger partial charge in [0.05, 0.1) is 11.0 Å². The first-order chi connectivity index (χ1) is 12.2. The highest BCUT2D eigenvalue weighted by atomic mass is 32.1. The topological polar surface area (TPSA) is 82.7 Å². The van der Waals surface area contributed by atoms with E-state index in [9.17, 15) is 4.79 Å². The van der Waals surface area contributed by atoms with Crippen LogP contribution in [-0.2, 0) is 4.79 Å². The van der Waals surface area contributed by atoms with Gasteiger partial charge in [0.2, 0.25) is 11.9 Å². The SMILES string of the molecule is CC(=O)Nc1ccc(Nc2nc3ccc(-c4nccs4)cc3[nH]2)cc1. The van der Waals surface area contributed by atoms with Gasteiger partial charge in [0.15, 0.2) is 0 Å². The highest BCUT2D eigenvalue weighted by Crippen LogP contribution is 2.26. The van der Waals surface area contributed by atoms with Crippen molar-refractivity contribution in [1.29, 1.82) is 0 Å². The van der Waals surface area contributed by atoms with Crippen LogP contribution in [-0.4, -0.2) is 20.9 Å². The van der Waals surface area contributed by atoms with Crippen molar-refractivity contribution in [3.63, 3.8) is 0 Å². The second kappa shape index (κ2) is 6.37. The second-order valence-electron chi connectivity index (χ2n) is 5.54. The number of anilines is 3. The Labute approximate surface area is 148 Å². The summed E-state index contributed by atoms with van der Waals surface area (Å²) in [6.07, 6.45) is 1.80. The smallest absolute Gasteiger partial charge is 0.221 e. The number of fused-ring (bicyclic) bond motifs is 1. The van der Waals surface area contributed by atoms with Crippen molar-refractivity contribution < 1.29 is 4.79 Å². The third-order valence-electron chi connectivity index (χ3n) is 3.63. The molecule has 0 atom stereocenters. The van der Waals surface area contributed by atoms with Crippen LogP contribution in [0.15, 0.2) is 54.0 Å². The van der Waals surface area contributed by atoms with Crippen LogP contribution in [0.4, 0.5) is 17.3 Å². The minimum atomic E-state index is -0.0889. The summed E-state index contributed by atoms with van der Waals surface area (Å²) >= 11 is 1.61. The molecule has 4 rings (SSSR count). The van der Waals surface area contributed by atoms with Crippen LogP contribution in [0.2, 0.25) is 0 Å². The lowest BCUT2D eigenvalue weighted by atomic mass is 10.2. The molecule has 0 unspecified atom stereocenters. The molecule has 1 amide bonds. The quantitative estimate of drug-likeness (QED) is 0.510. The fraction of sp³-hybridized carbons (Fsp3) is 0.0556. The van der Waals surface area contributed by atoms with Crippen LogP contribution >= 0.6 is 11.3 Å². The summed E-state index contributed by atoms with van der Waals surface area (Å²) in [5.41, 5.74) is 4.55. The molecule has 3 N–H and O–H groups in total. The van der Waals surface area contributed by atoms with Crippen LogP contribution in [0.5, 0.6) is 0 Å². The number of aromatic amines is 1. The number of nitrogens with one attached hydrogen (secondary N) is 3. The van der Waals surface area contributed by atoms with E-state index in [0.29, 0.717) is 5.95 Å². The fourth-order valence-electron chi connectivity index (χ4n) is 2.54. The monoisotopic (exact) mass is 349 g/mol. The van der Waals surface area contributed by atoms with Crippen LogP contribution in [0.3, 0.4) is 0 Å². The Morgan fingerprint density at radius 2 is 1.92 bits per heavy atom. The Morgan fingerprint density at radius 3 is 2.64 bits per heavy atom. The zero-order valence-electron chi connectivity index (χ0n) is 13.4. The number of amides is 1. The van der Waals surface area contributed by atoms with Crippen LogP contribution in [0, 0.1) is 0 Å². The Balaban J connectivity index is 1.56. The third kappa shape index (κ3) is 3.36. The Morgan fingerprint density at radius 1 is 1.12 bits per heavy atom. The molecule has 124 valence electrons. The fourth-order valence-corrected chi connectivity index (χ4v) is 3.18. The van der Waals surface area contributed by atoms with Gasteiger partial charge in [-0.25, -0.2) is 9.97 Å². The summed E-state index contributed by atoms with van der Waals surface area (Å²) in [7, 11) is 0. The molecule has 25 heavy (non-hydrogen) atoms. The Bertz CT molecular complexity index is 1020. The molecule has 7 heteroatoms. The standard InChI is InChI=1S/C18H15N5OS/c1-11(24)20-13-3-5-14(6-4-13)21-18-22-15-7-2-12(10-16(15)23-18)17-19-8-9-25-17/h2-10H,1H3,(H,20,24)(H2,21,22,23). The lowest BCUT2D eigenvalue weighted by Gasteiger charge is -2.05. The molecule has 0 aliphatic heterocycles. The molecule has 0 saturated carbocycles. The summed E-state index contributed by atoms with van der Waals surface area (Å²) in [6, 6.07) is 13.5. The van der Waals surface area contributed by atoms with E-state index < -0.39 is 0 Å². The first kappa shape index (κ1) is 15.3. The predicted molar refractivity (Wildman–Crippen MR) is 101 cm³/mol. The maximum absolute atomic E-state index is 11.1. The first-order valence-corrected chi connectivity index (χ1v) is 8.60. The van der Waals surface area contributed by atoms with Gasteiger partial charge in [-0.15, -0.1) is 11.3 Å². The highest BCUT2D eigenvalue weighted by Gasteiger charge is 2.07. The summed E-state index contributed by atoms with van der Waals surface area (Å²) in [5.74, 6) is 0.576. The van der Waals surface area contributed by atoms with E-state index in [1.807, 2.05) is 47.8 Å². The highest BCUT2D eigenvalue weighted by molar-refractivity contribution is 7.13. The van der Waals surface area contributed by atoms with E-state index in [0.717, 1.165) is 33.0 Å². The van der Waals surface area contributed by atoms with E-state index in [-0.39, 0.29) is 5.91 Å². The van der Waals surface area contributed by atoms with Crippen LogP contribution in [0.1, 0.15) is 6.92 Å². The molecule has 0 saturated heterocycles. The Kier molecular flexibility index (Phi) is 3.91. The first-order valence-electron chi connectivity index (χ1n) is 7.72. The average molecular weight is 349 g/mol. The number of H-pyrrole nitrogens is 1. The number of thiazole rings is 1. The molecular weight excluding hydrogens is 334 g/mol. The normalized spacial score (nSPS) is 10.8. The molecule has 0 spiro atoms. The number of benzene rings is 2. The molecule has 0 aliphatic rings. The lowest BCUT2D eigenvalue weighted by molar-refractivity contribution is -0.114. The second-order valence-corrected chi connectivity index (χ2v) is 6.43. The molecule has 0 fully saturated rings. The number of carbonyl (C=O) groups excluding carboxylic acids is 1. The van der Waals surface area contributed by atoms with Crippen molar-refractivity contribution in [3.05, 3.63) is 54.0 Å². The molecule has 0 radical (unpaired) electrons. The third-order valence-corrected chi connectivity index (χ3v) is 4.45. The van der Waals surface area contributed by atoms with Crippen molar-refractivity contribution in [2.75, 3.05) is 10.6 Å². The van der Waals surface area contributed by atoms with E-state index in [1.165, 1.54) is 6.92 Å². The van der Waals surface area contributed by atoms with Crippen molar-refractivity contribution in [2.24, 2.45) is 0 Å². The van der Waals surface area contributed by atoms with Gasteiger partial charge in [-0.3, -0.25) is 4.79 Å². The minimum Gasteiger partial charge on any atom is -0.326 e. The maximum Gasteiger partial charge on any atom is 0.221 e. The number of imidazole rings is 1. The van der Waals surface area contributed by atoms with Crippen LogP contribution < -0.4 is 10.6 Å². The van der Waals surface area contributed by atoms with Gasteiger partial charge in [0, 0.05) is 35.4 Å². The Hall–Kier alpha value is -3.19. The largest absolute Gasteiger partial charge is 0.326 e. The number of hydrogen-bond acceptors (Lipinski definition) is 5. The van der Waals surface area contributed by atoms with Gasteiger partial charge < -0.3 is 15.6 Å². The zero-order chi connectivity index (χ0) is 17.2. The summed E-state index contributed by atoms with van der Waals surface area (Å²) in [4.78, 5) is 23.2. The van der Waals surface area contributed by atoms with Crippen LogP contribution in [0.25, 0.3) is 21.6 Å². The molecule has 0 bridgehead atoms. The molecule has 6 nitrogen and oxygen atoms in total. The number of rotatable bonds is 4. The van der Waals surface area contributed by atoms with E-state index in [1.54, 1.807) is 17.5 Å².